The van der Waals surface area contributed by atoms with Crippen molar-refractivity contribution in [1.82, 2.24) is 16.1 Å². The lowest BCUT2D eigenvalue weighted by Gasteiger charge is -2.12. The van der Waals surface area contributed by atoms with E-state index in [2.05, 4.69) is 10.6 Å². The summed E-state index contributed by atoms with van der Waals surface area (Å²) in [6.45, 7) is 0.113. The molecule has 6 nitrogen and oxygen atoms in total. The fourth-order valence-electron chi connectivity index (χ4n) is 0.402. The monoisotopic (exact) mass is 149 g/mol. The number of hydroxylamine groups is 1. The number of nitrogens with one attached hydrogen (secondary N) is 3. The molecule has 0 saturated heterocycles. The van der Waals surface area contributed by atoms with Crippen molar-refractivity contribution in [2.75, 3.05) is 13.6 Å². The number of amides is 1. The molecule has 0 saturated carbocycles. The van der Waals surface area contributed by atoms with Gasteiger partial charge in [-0.2, -0.15) is 5.48 Å². The zero-order valence-electron chi connectivity index (χ0n) is 5.59. The molecule has 60 valence electrons. The van der Waals surface area contributed by atoms with Gasteiger partial charge in [0.2, 0.25) is 0 Å². The Balaban J connectivity index is 3.34. The Morgan fingerprint density at radius 1 is 1.70 bits per heavy atom. The third-order valence-corrected chi connectivity index (χ3v) is 0.962. The van der Waals surface area contributed by atoms with Crippen molar-refractivity contribution in [3.63, 3.8) is 0 Å². The molecule has 10 heavy (non-hydrogen) atoms. The highest BCUT2D eigenvalue weighted by Gasteiger charge is 2.03. The van der Waals surface area contributed by atoms with Crippen LogP contribution in [0, 0.1) is 0 Å². The molecule has 0 spiro atoms. The molecule has 0 aliphatic heterocycles. The van der Waals surface area contributed by atoms with Crippen LogP contribution >= 0.6 is 0 Å². The Kier molecular flexibility index (Phi) is 4.55. The fraction of sp³-hybridized carbons (Fsp3) is 0.750. The van der Waals surface area contributed by atoms with Gasteiger partial charge in [0.15, 0.2) is 0 Å². The molecule has 0 aliphatic carbocycles. The Labute approximate surface area is 58.2 Å². The van der Waals surface area contributed by atoms with Gasteiger partial charge >= 0.3 is 6.09 Å². The summed E-state index contributed by atoms with van der Waals surface area (Å²) in [7, 11) is 1.59. The molecule has 0 bridgehead atoms. The smallest absolute Gasteiger partial charge is 0.404 e. The Bertz CT molecular complexity index is 104. The maximum absolute atomic E-state index is 9.89. The van der Waals surface area contributed by atoms with E-state index in [1.165, 1.54) is 0 Å². The van der Waals surface area contributed by atoms with Crippen LogP contribution in [-0.2, 0) is 0 Å². The highest BCUT2D eigenvalue weighted by atomic mass is 16.5. The maximum atomic E-state index is 9.89. The molecular formula is C4H11N3O3. The first-order chi connectivity index (χ1) is 4.70. The number of carbonyl (C=O) groups is 1. The van der Waals surface area contributed by atoms with Crippen molar-refractivity contribution in [3.05, 3.63) is 0 Å². The largest absolute Gasteiger partial charge is 0.465 e. The molecule has 0 heterocycles. The second kappa shape index (κ2) is 4.98. The van der Waals surface area contributed by atoms with E-state index in [4.69, 9.17) is 10.3 Å². The number of hydrogen-bond donors (Lipinski definition) is 5. The molecule has 1 amide bonds. The van der Waals surface area contributed by atoms with Crippen LogP contribution in [-0.4, -0.2) is 36.2 Å². The Morgan fingerprint density at radius 2 is 2.30 bits per heavy atom. The van der Waals surface area contributed by atoms with Crippen LogP contribution < -0.4 is 16.1 Å². The summed E-state index contributed by atoms with van der Waals surface area (Å²) in [5.41, 5.74) is 1.87. The van der Waals surface area contributed by atoms with Gasteiger partial charge < -0.3 is 20.9 Å². The minimum atomic E-state index is -1.12. The van der Waals surface area contributed by atoms with Gasteiger partial charge in [0.1, 0.15) is 0 Å². The predicted molar refractivity (Wildman–Crippen MR) is 33.8 cm³/mol. The molecule has 0 aromatic heterocycles. The number of carboxylic acid groups (broad SMARTS) is 1. The number of likely N-dealkylation sites (N-methyl/N-ethyl adjacent to an activating group) is 1. The van der Waals surface area contributed by atoms with Gasteiger partial charge in [-0.1, -0.05) is 0 Å². The molecule has 0 radical (unpaired) electrons. The van der Waals surface area contributed by atoms with Crippen LogP contribution in [0.15, 0.2) is 0 Å². The lowest BCUT2D eigenvalue weighted by atomic mass is 10.5. The van der Waals surface area contributed by atoms with Crippen LogP contribution in [0.5, 0.6) is 0 Å². The van der Waals surface area contributed by atoms with Crippen LogP contribution in [0.1, 0.15) is 0 Å². The van der Waals surface area contributed by atoms with E-state index >= 15 is 0 Å². The standard InChI is InChI=1S/C4H11N3O3/c1-5-3(7-10)2-6-4(8)9/h3,5-7,10H,2H2,1H3,(H,8,9). The highest BCUT2D eigenvalue weighted by molar-refractivity contribution is 5.64. The third-order valence-electron chi connectivity index (χ3n) is 0.962. The molecule has 1 unspecified atom stereocenters. The SMILES string of the molecule is CNC(CNC(=O)O)NO. The van der Waals surface area contributed by atoms with E-state index in [0.717, 1.165) is 0 Å². The average molecular weight is 149 g/mol. The lowest BCUT2D eigenvalue weighted by Crippen LogP contribution is -2.47. The van der Waals surface area contributed by atoms with Gasteiger partial charge in [0.25, 0.3) is 0 Å². The normalized spacial score (nSPS) is 12.6. The molecule has 5 N–H and O–H groups in total. The Morgan fingerprint density at radius 3 is 2.60 bits per heavy atom. The van der Waals surface area contributed by atoms with Crippen molar-refractivity contribution in [2.45, 2.75) is 6.17 Å². The first kappa shape index (κ1) is 9.15. The van der Waals surface area contributed by atoms with Gasteiger partial charge in [-0.15, -0.1) is 0 Å². The minimum absolute atomic E-state index is 0.113. The Hall–Kier alpha value is -0.850. The molecular weight excluding hydrogens is 138 g/mol. The zero-order chi connectivity index (χ0) is 7.98. The van der Waals surface area contributed by atoms with Crippen molar-refractivity contribution in [2.24, 2.45) is 0 Å². The molecule has 1 atom stereocenters. The van der Waals surface area contributed by atoms with E-state index in [1.807, 2.05) is 5.48 Å². The summed E-state index contributed by atoms with van der Waals surface area (Å²) in [5, 5.41) is 21.1. The van der Waals surface area contributed by atoms with Crippen LogP contribution in [0.2, 0.25) is 0 Å². The molecule has 0 fully saturated rings. The second-order valence-corrected chi connectivity index (χ2v) is 1.66. The summed E-state index contributed by atoms with van der Waals surface area (Å²) in [5.74, 6) is 0. The van der Waals surface area contributed by atoms with Gasteiger partial charge in [0, 0.05) is 0 Å². The quantitative estimate of drug-likeness (QED) is 0.255. The molecule has 0 rings (SSSR count). The second-order valence-electron chi connectivity index (χ2n) is 1.66. The summed E-state index contributed by atoms with van der Waals surface area (Å²) in [6, 6.07) is 0. The van der Waals surface area contributed by atoms with E-state index in [9.17, 15) is 4.79 Å². The predicted octanol–water partition coefficient (Wildman–Crippen LogP) is -1.22. The maximum Gasteiger partial charge on any atom is 0.404 e. The van der Waals surface area contributed by atoms with Crippen molar-refractivity contribution >= 4 is 6.09 Å². The van der Waals surface area contributed by atoms with Crippen molar-refractivity contribution in [1.29, 1.82) is 0 Å². The topological polar surface area (TPSA) is 93.6 Å². The van der Waals surface area contributed by atoms with Gasteiger partial charge in [-0.05, 0) is 7.05 Å². The van der Waals surface area contributed by atoms with E-state index < -0.39 is 12.3 Å². The summed E-state index contributed by atoms with van der Waals surface area (Å²) < 4.78 is 0. The van der Waals surface area contributed by atoms with Crippen LogP contribution in [0.4, 0.5) is 4.79 Å². The summed E-state index contributed by atoms with van der Waals surface area (Å²) in [4.78, 5) is 9.89. The fourth-order valence-corrected chi connectivity index (χ4v) is 0.402. The number of rotatable bonds is 4. The van der Waals surface area contributed by atoms with Crippen molar-refractivity contribution in [3.8, 4) is 0 Å². The zero-order valence-corrected chi connectivity index (χ0v) is 5.59. The molecule has 0 aliphatic rings. The third kappa shape index (κ3) is 4.07. The van der Waals surface area contributed by atoms with Gasteiger partial charge in [-0.3, -0.25) is 0 Å². The average Bonchev–Trinajstić information content (AvgIpc) is 1.90. The van der Waals surface area contributed by atoms with Gasteiger partial charge in [-0.25, -0.2) is 4.79 Å². The first-order valence-corrected chi connectivity index (χ1v) is 2.74. The lowest BCUT2D eigenvalue weighted by molar-refractivity contribution is 0.112. The summed E-state index contributed by atoms with van der Waals surface area (Å²) in [6.07, 6.45) is -1.56. The molecule has 6 heteroatoms. The number of hydrogen-bond acceptors (Lipinski definition) is 4. The summed E-state index contributed by atoms with van der Waals surface area (Å²) >= 11 is 0. The molecule has 0 aromatic rings. The highest BCUT2D eigenvalue weighted by Crippen LogP contribution is 1.69. The van der Waals surface area contributed by atoms with E-state index in [0.29, 0.717) is 0 Å². The van der Waals surface area contributed by atoms with Gasteiger partial charge in [0.05, 0.1) is 12.7 Å². The van der Waals surface area contributed by atoms with Crippen LogP contribution in [0.3, 0.4) is 0 Å². The first-order valence-electron chi connectivity index (χ1n) is 2.74. The minimum Gasteiger partial charge on any atom is -0.465 e. The molecule has 0 aromatic carbocycles. The van der Waals surface area contributed by atoms with E-state index in [-0.39, 0.29) is 6.54 Å². The van der Waals surface area contributed by atoms with E-state index in [1.54, 1.807) is 7.05 Å². The van der Waals surface area contributed by atoms with Crippen molar-refractivity contribution < 1.29 is 15.1 Å². The van der Waals surface area contributed by atoms with Crippen LogP contribution in [0.25, 0.3) is 0 Å².